The lowest BCUT2D eigenvalue weighted by molar-refractivity contribution is 0.180. The molecule has 0 aromatic carbocycles. The smallest absolute Gasteiger partial charge is 0.160 e. The molecule has 0 aliphatic carbocycles. The van der Waals surface area contributed by atoms with Crippen molar-refractivity contribution in [2.45, 2.75) is 26.2 Å². The van der Waals surface area contributed by atoms with E-state index in [1.165, 1.54) is 25.9 Å². The first kappa shape index (κ1) is 12.4. The number of hydrogen-bond acceptors (Lipinski definition) is 4. The van der Waals surface area contributed by atoms with Gasteiger partial charge in [0.15, 0.2) is 5.65 Å². The first-order valence-electron chi connectivity index (χ1n) is 7.07. The molecule has 2 aromatic heterocycles. The minimum Gasteiger partial charge on any atom is -0.398 e. The van der Waals surface area contributed by atoms with Crippen molar-refractivity contribution in [3.63, 3.8) is 0 Å². The molecule has 0 amide bonds. The van der Waals surface area contributed by atoms with E-state index < -0.39 is 0 Å². The summed E-state index contributed by atoms with van der Waals surface area (Å²) in [5.41, 5.74) is 7.48. The summed E-state index contributed by atoms with van der Waals surface area (Å²) in [5.74, 6) is 1.72. The highest BCUT2D eigenvalue weighted by Crippen LogP contribution is 2.20. The number of piperidine rings is 1. The Kier molecular flexibility index (Phi) is 3.38. The second-order valence-electron chi connectivity index (χ2n) is 5.41. The molecule has 2 N–H and O–H groups in total. The van der Waals surface area contributed by atoms with E-state index in [1.54, 1.807) is 0 Å². The highest BCUT2D eigenvalue weighted by Gasteiger charge is 2.21. The van der Waals surface area contributed by atoms with Crippen LogP contribution in [0, 0.1) is 5.92 Å². The van der Waals surface area contributed by atoms with Crippen LogP contribution in [0.3, 0.4) is 0 Å². The van der Waals surface area contributed by atoms with Crippen LogP contribution in [-0.2, 0) is 6.42 Å². The number of anilines is 1. The minimum absolute atomic E-state index is 0.683. The Morgan fingerprint density at radius 2 is 2.26 bits per heavy atom. The van der Waals surface area contributed by atoms with Crippen molar-refractivity contribution >= 4 is 11.3 Å². The van der Waals surface area contributed by atoms with Gasteiger partial charge in [-0.3, -0.25) is 4.40 Å². The van der Waals surface area contributed by atoms with E-state index in [0.29, 0.717) is 5.92 Å². The van der Waals surface area contributed by atoms with E-state index in [-0.39, 0.29) is 0 Å². The van der Waals surface area contributed by atoms with Gasteiger partial charge in [-0.05, 0) is 44.0 Å². The molecule has 3 heterocycles. The van der Waals surface area contributed by atoms with Crippen molar-refractivity contribution in [3.05, 3.63) is 24.2 Å². The van der Waals surface area contributed by atoms with E-state index >= 15 is 0 Å². The number of fused-ring (bicyclic) bond motifs is 1. The molecular formula is C14H21N5. The molecule has 0 spiro atoms. The lowest BCUT2D eigenvalue weighted by atomic mass is 9.94. The van der Waals surface area contributed by atoms with Crippen molar-refractivity contribution in [2.24, 2.45) is 5.92 Å². The molecule has 0 radical (unpaired) electrons. The Morgan fingerprint density at radius 1 is 1.37 bits per heavy atom. The number of hydrogen-bond donors (Lipinski definition) is 1. The van der Waals surface area contributed by atoms with Gasteiger partial charge in [0.25, 0.3) is 0 Å². The van der Waals surface area contributed by atoms with Gasteiger partial charge < -0.3 is 10.6 Å². The highest BCUT2D eigenvalue weighted by molar-refractivity contribution is 5.47. The fourth-order valence-corrected chi connectivity index (χ4v) is 2.96. The molecular weight excluding hydrogens is 238 g/mol. The van der Waals surface area contributed by atoms with Gasteiger partial charge in [-0.1, -0.05) is 6.92 Å². The van der Waals surface area contributed by atoms with Crippen LogP contribution in [0.1, 0.15) is 25.6 Å². The van der Waals surface area contributed by atoms with Crippen molar-refractivity contribution in [3.8, 4) is 0 Å². The molecule has 1 aliphatic rings. The standard InChI is InChI=1S/C14H21N5/c1-2-18-7-3-4-11(9-18)8-14-17-16-13-6-5-12(15)10-19(13)14/h5-6,10-11H,2-4,7-9,15H2,1H3. The second-order valence-corrected chi connectivity index (χ2v) is 5.41. The van der Waals surface area contributed by atoms with Crippen LogP contribution in [-0.4, -0.2) is 39.1 Å². The Hall–Kier alpha value is -1.62. The normalized spacial score (nSPS) is 21.0. The van der Waals surface area contributed by atoms with E-state index in [0.717, 1.165) is 30.1 Å². The zero-order chi connectivity index (χ0) is 13.2. The molecule has 0 saturated carbocycles. The van der Waals surface area contributed by atoms with Crippen LogP contribution in [0.4, 0.5) is 5.69 Å². The molecule has 1 saturated heterocycles. The average Bonchev–Trinajstić information content (AvgIpc) is 2.81. The molecule has 0 bridgehead atoms. The van der Waals surface area contributed by atoms with Gasteiger partial charge in [0.1, 0.15) is 5.82 Å². The Bertz CT molecular complexity index is 562. The molecule has 1 atom stereocenters. The Balaban J connectivity index is 1.79. The highest BCUT2D eigenvalue weighted by atomic mass is 15.2. The fraction of sp³-hybridized carbons (Fsp3) is 0.571. The number of nitrogens with zero attached hydrogens (tertiary/aromatic N) is 4. The van der Waals surface area contributed by atoms with Gasteiger partial charge in [-0.25, -0.2) is 0 Å². The van der Waals surface area contributed by atoms with E-state index in [1.807, 2.05) is 22.7 Å². The third kappa shape index (κ3) is 2.56. The summed E-state index contributed by atoms with van der Waals surface area (Å²) in [6.45, 7) is 5.79. The molecule has 2 aromatic rings. The maximum absolute atomic E-state index is 5.84. The van der Waals surface area contributed by atoms with Crippen LogP contribution in [0.15, 0.2) is 18.3 Å². The second kappa shape index (κ2) is 5.17. The number of aromatic nitrogens is 3. The van der Waals surface area contributed by atoms with Crippen LogP contribution in [0.5, 0.6) is 0 Å². The summed E-state index contributed by atoms with van der Waals surface area (Å²) in [4.78, 5) is 2.52. The zero-order valence-corrected chi connectivity index (χ0v) is 11.4. The number of nitrogens with two attached hydrogens (primary N) is 1. The zero-order valence-electron chi connectivity index (χ0n) is 11.4. The maximum atomic E-state index is 5.84. The fourth-order valence-electron chi connectivity index (χ4n) is 2.96. The molecule has 19 heavy (non-hydrogen) atoms. The van der Waals surface area contributed by atoms with E-state index in [2.05, 4.69) is 22.0 Å². The average molecular weight is 259 g/mol. The van der Waals surface area contributed by atoms with Gasteiger partial charge in [0, 0.05) is 24.8 Å². The molecule has 5 nitrogen and oxygen atoms in total. The number of nitrogen functional groups attached to an aromatic ring is 1. The number of pyridine rings is 1. The predicted molar refractivity (Wildman–Crippen MR) is 75.9 cm³/mol. The first-order chi connectivity index (χ1) is 9.26. The van der Waals surface area contributed by atoms with E-state index in [9.17, 15) is 0 Å². The summed E-state index contributed by atoms with van der Waals surface area (Å²) >= 11 is 0. The SMILES string of the molecule is CCN1CCCC(Cc2nnc3ccc(N)cn23)C1. The molecule has 1 fully saturated rings. The minimum atomic E-state index is 0.683. The molecule has 1 unspecified atom stereocenters. The summed E-state index contributed by atoms with van der Waals surface area (Å²) < 4.78 is 2.03. The van der Waals surface area contributed by atoms with Crippen molar-refractivity contribution < 1.29 is 0 Å². The summed E-state index contributed by atoms with van der Waals surface area (Å²) in [7, 11) is 0. The van der Waals surface area contributed by atoms with Gasteiger partial charge in [0.2, 0.25) is 0 Å². The van der Waals surface area contributed by atoms with Gasteiger partial charge in [-0.15, -0.1) is 10.2 Å². The summed E-state index contributed by atoms with van der Waals surface area (Å²) in [6, 6.07) is 3.79. The molecule has 1 aliphatic heterocycles. The summed E-state index contributed by atoms with van der Waals surface area (Å²) in [5, 5.41) is 8.53. The number of rotatable bonds is 3. The summed E-state index contributed by atoms with van der Waals surface area (Å²) in [6.07, 6.45) is 5.48. The number of likely N-dealkylation sites (tertiary alicyclic amines) is 1. The van der Waals surface area contributed by atoms with Crippen molar-refractivity contribution in [1.29, 1.82) is 0 Å². The third-order valence-corrected chi connectivity index (χ3v) is 4.02. The van der Waals surface area contributed by atoms with Gasteiger partial charge in [0.05, 0.1) is 0 Å². The van der Waals surface area contributed by atoms with Crippen molar-refractivity contribution in [1.82, 2.24) is 19.5 Å². The Morgan fingerprint density at radius 3 is 3.11 bits per heavy atom. The predicted octanol–water partition coefficient (Wildman–Crippen LogP) is 1.59. The van der Waals surface area contributed by atoms with Crippen LogP contribution < -0.4 is 5.73 Å². The quantitative estimate of drug-likeness (QED) is 0.909. The molecule has 102 valence electrons. The van der Waals surface area contributed by atoms with Gasteiger partial charge in [-0.2, -0.15) is 0 Å². The van der Waals surface area contributed by atoms with Crippen LogP contribution in [0.2, 0.25) is 0 Å². The van der Waals surface area contributed by atoms with Gasteiger partial charge >= 0.3 is 0 Å². The third-order valence-electron chi connectivity index (χ3n) is 4.02. The monoisotopic (exact) mass is 259 g/mol. The Labute approximate surface area is 113 Å². The van der Waals surface area contributed by atoms with Crippen molar-refractivity contribution in [2.75, 3.05) is 25.4 Å². The van der Waals surface area contributed by atoms with Crippen LogP contribution >= 0.6 is 0 Å². The first-order valence-corrected chi connectivity index (χ1v) is 7.07. The molecule has 5 heteroatoms. The van der Waals surface area contributed by atoms with E-state index in [4.69, 9.17) is 5.73 Å². The lowest BCUT2D eigenvalue weighted by Gasteiger charge is -2.31. The maximum Gasteiger partial charge on any atom is 0.160 e. The topological polar surface area (TPSA) is 59.5 Å². The van der Waals surface area contributed by atoms with Crippen LogP contribution in [0.25, 0.3) is 5.65 Å². The largest absolute Gasteiger partial charge is 0.398 e. The molecule has 3 rings (SSSR count). The lowest BCUT2D eigenvalue weighted by Crippen LogP contribution is -2.36.